The van der Waals surface area contributed by atoms with Gasteiger partial charge in [-0.2, -0.15) is 13.2 Å². The van der Waals surface area contributed by atoms with Gasteiger partial charge in [0.25, 0.3) is 5.56 Å². The van der Waals surface area contributed by atoms with Gasteiger partial charge in [0.1, 0.15) is 12.4 Å². The van der Waals surface area contributed by atoms with Crippen molar-refractivity contribution in [2.75, 3.05) is 19.6 Å². The highest BCUT2D eigenvalue weighted by Gasteiger charge is 2.30. The van der Waals surface area contributed by atoms with Gasteiger partial charge in [-0.15, -0.1) is 0 Å². The number of carbonyl (C=O) groups excluding carboxylic acids is 1. The Bertz CT molecular complexity index is 1630. The standard InChI is InChI=1S/C34H35F3N4O3S/c35-34(36,37)25-13-9-24(10-14-25)22-44-27-15-11-23(12-16-27)19-38-20-31(42)40-18-17-30-29(21-40)32(43)41(26-5-2-1-3-6-26)33(39-30)45-28-7-4-8-28/h1-3,5-6,9-11,13-16,23,28,38H,4,7-8,12,17-22H2. The first-order valence-electron chi connectivity index (χ1n) is 15.3. The normalized spacial score (nSPS) is 18.2. The van der Waals surface area contributed by atoms with E-state index in [4.69, 9.17) is 9.72 Å². The lowest BCUT2D eigenvalue weighted by molar-refractivity contribution is -0.137. The Kier molecular flexibility index (Phi) is 9.46. The second-order valence-electron chi connectivity index (χ2n) is 11.6. The van der Waals surface area contributed by atoms with Crippen LogP contribution in [0.5, 0.6) is 0 Å². The highest BCUT2D eigenvalue weighted by Crippen LogP contribution is 2.36. The van der Waals surface area contributed by atoms with Crippen molar-refractivity contribution in [1.82, 2.24) is 19.8 Å². The van der Waals surface area contributed by atoms with E-state index in [1.165, 1.54) is 18.6 Å². The quantitative estimate of drug-likeness (QED) is 0.273. The van der Waals surface area contributed by atoms with Crippen LogP contribution in [0.4, 0.5) is 13.2 Å². The molecule has 1 aliphatic heterocycles. The summed E-state index contributed by atoms with van der Waals surface area (Å²) in [5.74, 6) is 0.778. The molecule has 1 aromatic heterocycles. The molecule has 11 heteroatoms. The number of fused-ring (bicyclic) bond motifs is 1. The Balaban J connectivity index is 0.999. The van der Waals surface area contributed by atoms with Crippen LogP contribution in [-0.2, 0) is 35.3 Å². The molecular formula is C34H35F3N4O3S. The molecule has 6 rings (SSSR count). The molecule has 3 aliphatic rings. The Labute approximate surface area is 264 Å². The molecule has 0 bridgehead atoms. The topological polar surface area (TPSA) is 76.5 Å². The number of benzene rings is 2. The maximum absolute atomic E-state index is 13.8. The average Bonchev–Trinajstić information content (AvgIpc) is 3.02. The summed E-state index contributed by atoms with van der Waals surface area (Å²) in [6.07, 6.45) is 6.19. The van der Waals surface area contributed by atoms with Gasteiger partial charge >= 0.3 is 6.18 Å². The number of rotatable bonds is 10. The highest BCUT2D eigenvalue weighted by molar-refractivity contribution is 7.99. The molecule has 3 aromatic rings. The fraction of sp³-hybridized carbons (Fsp3) is 0.382. The van der Waals surface area contributed by atoms with Gasteiger partial charge in [-0.1, -0.05) is 54.6 Å². The van der Waals surface area contributed by atoms with Crippen molar-refractivity contribution < 1.29 is 22.7 Å². The molecular weight excluding hydrogens is 601 g/mol. The zero-order valence-corrected chi connectivity index (χ0v) is 25.6. The third-order valence-corrected chi connectivity index (χ3v) is 9.70. The third-order valence-electron chi connectivity index (χ3n) is 8.41. The summed E-state index contributed by atoms with van der Waals surface area (Å²) in [5, 5.41) is 4.48. The van der Waals surface area contributed by atoms with Crippen LogP contribution in [0.15, 0.2) is 88.5 Å². The van der Waals surface area contributed by atoms with Crippen LogP contribution >= 0.6 is 11.8 Å². The molecule has 1 saturated carbocycles. The first-order valence-corrected chi connectivity index (χ1v) is 16.2. The number of hydrogen-bond acceptors (Lipinski definition) is 6. The zero-order chi connectivity index (χ0) is 31.4. The molecule has 1 fully saturated rings. The number of aromatic nitrogens is 2. The average molecular weight is 637 g/mol. The Morgan fingerprint density at radius 2 is 1.87 bits per heavy atom. The number of nitrogens with zero attached hydrogens (tertiary/aromatic N) is 3. The van der Waals surface area contributed by atoms with Gasteiger partial charge in [-0.25, -0.2) is 4.98 Å². The highest BCUT2D eigenvalue weighted by atomic mass is 32.2. The molecule has 45 heavy (non-hydrogen) atoms. The van der Waals surface area contributed by atoms with Crippen molar-refractivity contribution >= 4 is 17.7 Å². The van der Waals surface area contributed by atoms with Crippen molar-refractivity contribution in [2.24, 2.45) is 5.92 Å². The van der Waals surface area contributed by atoms with E-state index in [-0.39, 0.29) is 37.1 Å². The van der Waals surface area contributed by atoms with Crippen molar-refractivity contribution in [3.05, 3.63) is 111 Å². The minimum absolute atomic E-state index is 0.0601. The smallest absolute Gasteiger partial charge is 0.416 e. The van der Waals surface area contributed by atoms with Crippen LogP contribution in [0.2, 0.25) is 0 Å². The van der Waals surface area contributed by atoms with E-state index in [0.29, 0.717) is 48.1 Å². The van der Waals surface area contributed by atoms with E-state index < -0.39 is 11.7 Å². The van der Waals surface area contributed by atoms with Crippen LogP contribution in [0.1, 0.15) is 48.1 Å². The van der Waals surface area contributed by atoms with Gasteiger partial charge in [0.15, 0.2) is 5.16 Å². The van der Waals surface area contributed by atoms with Gasteiger partial charge in [0, 0.05) is 24.8 Å². The molecule has 2 heterocycles. The first-order chi connectivity index (χ1) is 21.7. The number of alkyl halides is 3. The van der Waals surface area contributed by atoms with Crippen molar-refractivity contribution in [2.45, 2.75) is 61.8 Å². The number of nitrogens with one attached hydrogen (secondary N) is 1. The SMILES string of the molecule is O=C(CNCC1C=CC(OCc2ccc(C(F)(F)F)cc2)=CC1)N1CCc2nc(SC3CCC3)n(-c3ccccc3)c(=O)c2C1. The van der Waals surface area contributed by atoms with Crippen LogP contribution < -0.4 is 10.9 Å². The van der Waals surface area contributed by atoms with Crippen LogP contribution in [0.25, 0.3) is 5.69 Å². The predicted octanol–water partition coefficient (Wildman–Crippen LogP) is 6.05. The summed E-state index contributed by atoms with van der Waals surface area (Å²) < 4.78 is 45.7. The molecule has 1 N–H and O–H groups in total. The van der Waals surface area contributed by atoms with Crippen LogP contribution in [-0.4, -0.2) is 45.2 Å². The van der Waals surface area contributed by atoms with Crippen LogP contribution in [0.3, 0.4) is 0 Å². The number of halogens is 3. The molecule has 2 aliphatic carbocycles. The van der Waals surface area contributed by atoms with E-state index in [2.05, 4.69) is 5.32 Å². The molecule has 2 aromatic carbocycles. The van der Waals surface area contributed by atoms with Gasteiger partial charge in [-0.3, -0.25) is 14.2 Å². The summed E-state index contributed by atoms with van der Waals surface area (Å²) >= 11 is 1.68. The predicted molar refractivity (Wildman–Crippen MR) is 167 cm³/mol. The maximum Gasteiger partial charge on any atom is 0.416 e. The minimum Gasteiger partial charge on any atom is -0.489 e. The summed E-state index contributed by atoms with van der Waals surface area (Å²) in [6, 6.07) is 14.5. The number of thioether (sulfide) groups is 1. The fourth-order valence-electron chi connectivity index (χ4n) is 5.53. The second-order valence-corrected chi connectivity index (χ2v) is 12.9. The molecule has 0 spiro atoms. The Morgan fingerprint density at radius 3 is 2.53 bits per heavy atom. The van der Waals surface area contributed by atoms with Crippen molar-refractivity contribution in [3.8, 4) is 5.69 Å². The van der Waals surface area contributed by atoms with E-state index in [0.717, 1.165) is 41.5 Å². The van der Waals surface area contributed by atoms with E-state index >= 15 is 0 Å². The first kappa shape index (κ1) is 31.2. The van der Waals surface area contributed by atoms with Crippen molar-refractivity contribution in [1.29, 1.82) is 0 Å². The summed E-state index contributed by atoms with van der Waals surface area (Å²) in [7, 11) is 0. The number of allylic oxidation sites excluding steroid dienone is 2. The Hall–Kier alpha value is -3.83. The monoisotopic (exact) mass is 636 g/mol. The summed E-state index contributed by atoms with van der Waals surface area (Å²) in [4.78, 5) is 33.6. The van der Waals surface area contributed by atoms with E-state index in [9.17, 15) is 22.8 Å². The molecule has 1 atom stereocenters. The van der Waals surface area contributed by atoms with Crippen LogP contribution in [0, 0.1) is 5.92 Å². The second kappa shape index (κ2) is 13.7. The Morgan fingerprint density at radius 1 is 1.09 bits per heavy atom. The lowest BCUT2D eigenvalue weighted by Gasteiger charge is -2.30. The molecule has 1 unspecified atom stereocenters. The van der Waals surface area contributed by atoms with Crippen molar-refractivity contribution in [3.63, 3.8) is 0 Å². The molecule has 7 nitrogen and oxygen atoms in total. The van der Waals surface area contributed by atoms with E-state index in [1.807, 2.05) is 48.6 Å². The number of amides is 1. The summed E-state index contributed by atoms with van der Waals surface area (Å²) in [6.45, 7) is 1.70. The molecule has 1 amide bonds. The summed E-state index contributed by atoms with van der Waals surface area (Å²) in [5.41, 5.74) is 2.03. The fourth-order valence-corrected chi connectivity index (χ4v) is 6.85. The van der Waals surface area contributed by atoms with Gasteiger partial charge in [0.05, 0.1) is 35.6 Å². The molecule has 0 saturated heterocycles. The van der Waals surface area contributed by atoms with Gasteiger partial charge < -0.3 is 15.0 Å². The lowest BCUT2D eigenvalue weighted by Crippen LogP contribution is -2.44. The lowest BCUT2D eigenvalue weighted by atomic mass is 10.00. The number of hydrogen-bond donors (Lipinski definition) is 1. The third kappa shape index (κ3) is 7.53. The van der Waals surface area contributed by atoms with E-state index in [1.54, 1.807) is 21.2 Å². The number of ether oxygens (including phenoxy) is 1. The minimum atomic E-state index is -4.36. The van der Waals surface area contributed by atoms with Gasteiger partial charge in [0.2, 0.25) is 5.91 Å². The molecule has 236 valence electrons. The maximum atomic E-state index is 13.8. The zero-order valence-electron chi connectivity index (χ0n) is 24.8. The number of para-hydroxylation sites is 1. The van der Waals surface area contributed by atoms with Gasteiger partial charge in [-0.05, 0) is 67.2 Å². The number of carbonyl (C=O) groups is 1. The molecule has 0 radical (unpaired) electrons. The largest absolute Gasteiger partial charge is 0.489 e.